The molecule has 0 radical (unpaired) electrons. The van der Waals surface area contributed by atoms with Crippen LogP contribution in [0, 0.1) is 6.92 Å². The first-order chi connectivity index (χ1) is 10.6. The van der Waals surface area contributed by atoms with E-state index in [1.807, 2.05) is 49.6 Å². The molecule has 118 valence electrons. The maximum atomic E-state index is 10.4. The second kappa shape index (κ2) is 7.92. The van der Waals surface area contributed by atoms with Crippen LogP contribution in [0.2, 0.25) is 0 Å². The lowest BCUT2D eigenvalue weighted by Crippen LogP contribution is -2.30. The van der Waals surface area contributed by atoms with Crippen molar-refractivity contribution in [2.24, 2.45) is 0 Å². The molecule has 1 atom stereocenters. The summed E-state index contributed by atoms with van der Waals surface area (Å²) in [6.45, 7) is 6.52. The predicted molar refractivity (Wildman–Crippen MR) is 90.6 cm³/mol. The molecular formula is C18H25N3O. The van der Waals surface area contributed by atoms with Crippen LogP contribution < -0.4 is 5.73 Å². The van der Waals surface area contributed by atoms with Crippen LogP contribution in [-0.4, -0.2) is 34.6 Å². The summed E-state index contributed by atoms with van der Waals surface area (Å²) in [5.41, 5.74) is 9.85. The number of nitrogen functional groups attached to an aromatic ring is 1. The Balaban J connectivity index is 1.92. The van der Waals surface area contributed by atoms with Crippen molar-refractivity contribution in [3.63, 3.8) is 0 Å². The van der Waals surface area contributed by atoms with Gasteiger partial charge in [0.1, 0.15) is 0 Å². The van der Waals surface area contributed by atoms with E-state index in [2.05, 4.69) is 16.8 Å². The zero-order chi connectivity index (χ0) is 15.9. The average Bonchev–Trinajstić information content (AvgIpc) is 2.54. The minimum absolute atomic E-state index is 0.514. The highest BCUT2D eigenvalue weighted by atomic mass is 16.3. The fourth-order valence-corrected chi connectivity index (χ4v) is 2.43. The predicted octanol–water partition coefficient (Wildman–Crippen LogP) is 2.57. The fraction of sp³-hybridized carbons (Fsp3) is 0.389. The van der Waals surface area contributed by atoms with Gasteiger partial charge in [0.05, 0.1) is 6.10 Å². The Hall–Kier alpha value is -1.91. The second-order valence-electron chi connectivity index (χ2n) is 5.63. The van der Waals surface area contributed by atoms with Crippen LogP contribution in [-0.2, 0) is 6.42 Å². The molecule has 2 aromatic rings. The highest BCUT2D eigenvalue weighted by molar-refractivity contribution is 5.48. The van der Waals surface area contributed by atoms with Crippen molar-refractivity contribution in [1.29, 1.82) is 0 Å². The number of hydrogen-bond donors (Lipinski definition) is 2. The van der Waals surface area contributed by atoms with Gasteiger partial charge in [-0.1, -0.05) is 19.1 Å². The molecular weight excluding hydrogens is 274 g/mol. The van der Waals surface area contributed by atoms with Gasteiger partial charge >= 0.3 is 0 Å². The summed E-state index contributed by atoms with van der Waals surface area (Å²) < 4.78 is 0. The minimum Gasteiger partial charge on any atom is -0.399 e. The summed E-state index contributed by atoms with van der Waals surface area (Å²) in [7, 11) is 0. The Morgan fingerprint density at radius 1 is 1.23 bits per heavy atom. The number of hydrogen-bond acceptors (Lipinski definition) is 4. The third-order valence-corrected chi connectivity index (χ3v) is 4.03. The van der Waals surface area contributed by atoms with Crippen LogP contribution >= 0.6 is 0 Å². The Morgan fingerprint density at radius 3 is 2.59 bits per heavy atom. The summed E-state index contributed by atoms with van der Waals surface area (Å²) in [6.07, 6.45) is 4.07. The van der Waals surface area contributed by atoms with Gasteiger partial charge in [-0.15, -0.1) is 0 Å². The molecule has 2 rings (SSSR count). The molecule has 0 amide bonds. The van der Waals surface area contributed by atoms with E-state index in [9.17, 15) is 5.11 Å². The Bertz CT molecular complexity index is 586. The summed E-state index contributed by atoms with van der Waals surface area (Å²) in [5.74, 6) is 0. The molecule has 1 unspecified atom stereocenters. The van der Waals surface area contributed by atoms with Crippen molar-refractivity contribution in [3.8, 4) is 0 Å². The van der Waals surface area contributed by atoms with Crippen LogP contribution in [0.4, 0.5) is 5.69 Å². The molecule has 0 aliphatic rings. The number of anilines is 1. The number of likely N-dealkylation sites (N-methyl/N-ethyl adjacent to an activating group) is 1. The number of aliphatic hydroxyl groups excluding tert-OH is 1. The summed E-state index contributed by atoms with van der Waals surface area (Å²) in [4.78, 5) is 6.28. The van der Waals surface area contributed by atoms with Gasteiger partial charge in [0.15, 0.2) is 0 Å². The largest absolute Gasteiger partial charge is 0.399 e. The van der Waals surface area contributed by atoms with Crippen molar-refractivity contribution >= 4 is 5.69 Å². The number of nitrogens with two attached hydrogens (primary N) is 1. The molecule has 1 aromatic heterocycles. The molecule has 1 heterocycles. The molecule has 0 aliphatic carbocycles. The third-order valence-electron chi connectivity index (χ3n) is 4.03. The number of aliphatic hydroxyl groups is 1. The van der Waals surface area contributed by atoms with Gasteiger partial charge in [0.2, 0.25) is 0 Å². The molecule has 0 spiro atoms. The van der Waals surface area contributed by atoms with E-state index in [-0.39, 0.29) is 0 Å². The number of rotatable bonds is 7. The van der Waals surface area contributed by atoms with Crippen LogP contribution in [0.15, 0.2) is 42.7 Å². The molecule has 0 saturated carbocycles. The normalized spacial score (nSPS) is 12.5. The topological polar surface area (TPSA) is 62.4 Å². The maximum absolute atomic E-state index is 10.4. The number of nitrogens with zero attached hydrogens (tertiary/aromatic N) is 2. The summed E-state index contributed by atoms with van der Waals surface area (Å²) in [6, 6.07) is 9.85. The van der Waals surface area contributed by atoms with E-state index < -0.39 is 6.10 Å². The quantitative estimate of drug-likeness (QED) is 0.771. The van der Waals surface area contributed by atoms with E-state index in [0.717, 1.165) is 36.3 Å². The Kier molecular flexibility index (Phi) is 5.92. The zero-order valence-electron chi connectivity index (χ0n) is 13.4. The number of aryl methyl sites for hydroxylation is 1. The zero-order valence-corrected chi connectivity index (χ0v) is 13.4. The minimum atomic E-state index is -0.514. The lowest BCUT2D eigenvalue weighted by molar-refractivity contribution is 0.116. The van der Waals surface area contributed by atoms with Gasteiger partial charge in [-0.05, 0) is 54.8 Å². The molecule has 4 nitrogen and oxygen atoms in total. The molecule has 0 fully saturated rings. The standard InChI is InChI=1S/C18H25N3O/c1-3-21(11-8-15-6-9-20-10-7-15)13-18(22)16-5-4-14(2)17(19)12-16/h4-7,9-10,12,18,22H,3,8,11,13,19H2,1-2H3. The van der Waals surface area contributed by atoms with Crippen molar-refractivity contribution in [3.05, 3.63) is 59.4 Å². The van der Waals surface area contributed by atoms with Crippen molar-refractivity contribution in [2.75, 3.05) is 25.4 Å². The number of pyridine rings is 1. The molecule has 1 aromatic carbocycles. The molecule has 0 aliphatic heterocycles. The summed E-state index contributed by atoms with van der Waals surface area (Å²) in [5, 5.41) is 10.4. The van der Waals surface area contributed by atoms with Crippen molar-refractivity contribution in [1.82, 2.24) is 9.88 Å². The van der Waals surface area contributed by atoms with Crippen molar-refractivity contribution in [2.45, 2.75) is 26.4 Å². The summed E-state index contributed by atoms with van der Waals surface area (Å²) >= 11 is 0. The second-order valence-corrected chi connectivity index (χ2v) is 5.63. The number of benzene rings is 1. The van der Waals surface area contributed by atoms with E-state index in [4.69, 9.17) is 5.73 Å². The number of aromatic nitrogens is 1. The SMILES string of the molecule is CCN(CCc1ccncc1)CC(O)c1ccc(C)c(N)c1. The van der Waals surface area contributed by atoms with E-state index in [0.29, 0.717) is 6.54 Å². The van der Waals surface area contributed by atoms with Gasteiger partial charge in [0.25, 0.3) is 0 Å². The molecule has 0 bridgehead atoms. The van der Waals surface area contributed by atoms with Crippen LogP contribution in [0.3, 0.4) is 0 Å². The molecule has 4 heteroatoms. The van der Waals surface area contributed by atoms with Gasteiger partial charge in [0, 0.05) is 31.2 Å². The Labute approximate surface area is 132 Å². The highest BCUT2D eigenvalue weighted by Crippen LogP contribution is 2.20. The first kappa shape index (κ1) is 16.5. The van der Waals surface area contributed by atoms with Crippen molar-refractivity contribution < 1.29 is 5.11 Å². The molecule has 22 heavy (non-hydrogen) atoms. The van der Waals surface area contributed by atoms with E-state index >= 15 is 0 Å². The molecule has 0 saturated heterocycles. The van der Waals surface area contributed by atoms with Crippen LogP contribution in [0.5, 0.6) is 0 Å². The third kappa shape index (κ3) is 4.55. The fourth-order valence-electron chi connectivity index (χ4n) is 2.43. The monoisotopic (exact) mass is 299 g/mol. The van der Waals surface area contributed by atoms with Crippen LogP contribution in [0.1, 0.15) is 29.7 Å². The first-order valence-electron chi connectivity index (χ1n) is 7.75. The lowest BCUT2D eigenvalue weighted by Gasteiger charge is -2.24. The first-order valence-corrected chi connectivity index (χ1v) is 7.75. The van der Waals surface area contributed by atoms with Gasteiger partial charge < -0.3 is 15.7 Å². The van der Waals surface area contributed by atoms with Gasteiger partial charge in [-0.25, -0.2) is 0 Å². The average molecular weight is 299 g/mol. The lowest BCUT2D eigenvalue weighted by atomic mass is 10.0. The Morgan fingerprint density at radius 2 is 1.95 bits per heavy atom. The van der Waals surface area contributed by atoms with E-state index in [1.165, 1.54) is 5.56 Å². The van der Waals surface area contributed by atoms with Gasteiger partial charge in [-0.2, -0.15) is 0 Å². The smallest absolute Gasteiger partial charge is 0.0917 e. The van der Waals surface area contributed by atoms with Crippen LogP contribution in [0.25, 0.3) is 0 Å². The molecule has 3 N–H and O–H groups in total. The maximum Gasteiger partial charge on any atom is 0.0917 e. The van der Waals surface area contributed by atoms with Gasteiger partial charge in [-0.3, -0.25) is 4.98 Å². The highest BCUT2D eigenvalue weighted by Gasteiger charge is 2.13. The van der Waals surface area contributed by atoms with E-state index in [1.54, 1.807) is 0 Å².